The monoisotopic (exact) mass is 239 g/mol. The predicted octanol–water partition coefficient (Wildman–Crippen LogP) is 0.914. The van der Waals surface area contributed by atoms with Gasteiger partial charge in [-0.2, -0.15) is 0 Å². The standard InChI is InChI=1S/C11H13NO3S/c13-8-6-12(7-8)11(15)4-3-9(14)10-2-1-5-16-10/h1-2,5,8,13H,3-4,6-7H2. The second-order valence-corrected chi connectivity index (χ2v) is 4.80. The van der Waals surface area contributed by atoms with Gasteiger partial charge in [-0.3, -0.25) is 9.59 Å². The van der Waals surface area contributed by atoms with Crippen LogP contribution in [0.4, 0.5) is 0 Å². The van der Waals surface area contributed by atoms with Crippen LogP contribution in [0.1, 0.15) is 22.5 Å². The molecule has 1 N–H and O–H groups in total. The Balaban J connectivity index is 1.75. The summed E-state index contributed by atoms with van der Waals surface area (Å²) in [6.07, 6.45) is 0.118. The Morgan fingerprint density at radius 3 is 2.75 bits per heavy atom. The van der Waals surface area contributed by atoms with E-state index in [1.165, 1.54) is 11.3 Å². The van der Waals surface area contributed by atoms with Gasteiger partial charge in [-0.15, -0.1) is 11.3 Å². The zero-order chi connectivity index (χ0) is 11.5. The molecule has 1 aliphatic heterocycles. The number of carbonyl (C=O) groups is 2. The summed E-state index contributed by atoms with van der Waals surface area (Å²) >= 11 is 1.40. The first-order valence-electron chi connectivity index (χ1n) is 5.19. The summed E-state index contributed by atoms with van der Waals surface area (Å²) in [5.41, 5.74) is 0. The van der Waals surface area contributed by atoms with Crippen molar-refractivity contribution in [2.24, 2.45) is 0 Å². The Kier molecular flexibility index (Phi) is 3.36. The van der Waals surface area contributed by atoms with Gasteiger partial charge in [0.25, 0.3) is 0 Å². The molecule has 2 heterocycles. The molecule has 0 spiro atoms. The van der Waals surface area contributed by atoms with Gasteiger partial charge >= 0.3 is 0 Å². The maximum atomic E-state index is 11.6. The molecule has 16 heavy (non-hydrogen) atoms. The molecule has 0 atom stereocenters. The Morgan fingerprint density at radius 1 is 1.44 bits per heavy atom. The number of Topliss-reactive ketones (excluding diaryl/α,β-unsaturated/α-hetero) is 1. The molecule has 0 aliphatic carbocycles. The highest BCUT2D eigenvalue weighted by Crippen LogP contribution is 2.14. The molecule has 1 aromatic heterocycles. The number of nitrogens with zero attached hydrogens (tertiary/aromatic N) is 1. The molecule has 1 fully saturated rings. The minimum absolute atomic E-state index is 0.0180. The third-order valence-corrected chi connectivity index (χ3v) is 3.49. The van der Waals surface area contributed by atoms with Crippen LogP contribution in [0.2, 0.25) is 0 Å². The molecule has 4 nitrogen and oxygen atoms in total. The van der Waals surface area contributed by atoms with Crippen molar-refractivity contribution in [3.63, 3.8) is 0 Å². The first kappa shape index (κ1) is 11.3. The van der Waals surface area contributed by atoms with Crippen molar-refractivity contribution in [1.82, 2.24) is 4.90 Å². The van der Waals surface area contributed by atoms with E-state index in [4.69, 9.17) is 5.11 Å². The number of likely N-dealkylation sites (tertiary alicyclic amines) is 1. The lowest BCUT2D eigenvalue weighted by Gasteiger charge is -2.35. The largest absolute Gasteiger partial charge is 0.389 e. The van der Waals surface area contributed by atoms with Crippen LogP contribution in [0.25, 0.3) is 0 Å². The maximum Gasteiger partial charge on any atom is 0.223 e. The van der Waals surface area contributed by atoms with Gasteiger partial charge in [-0.25, -0.2) is 0 Å². The van der Waals surface area contributed by atoms with Crippen molar-refractivity contribution in [3.8, 4) is 0 Å². The number of thiophene rings is 1. The predicted molar refractivity (Wildman–Crippen MR) is 60.5 cm³/mol. The molecule has 0 bridgehead atoms. The van der Waals surface area contributed by atoms with E-state index in [9.17, 15) is 9.59 Å². The highest BCUT2D eigenvalue weighted by Gasteiger charge is 2.28. The van der Waals surface area contributed by atoms with E-state index in [0.29, 0.717) is 18.0 Å². The molecule has 0 saturated carbocycles. The summed E-state index contributed by atoms with van der Waals surface area (Å²) in [7, 11) is 0. The summed E-state index contributed by atoms with van der Waals surface area (Å²) in [5, 5.41) is 10.9. The number of hydrogen-bond acceptors (Lipinski definition) is 4. The van der Waals surface area contributed by atoms with Gasteiger partial charge in [-0.05, 0) is 11.4 Å². The quantitative estimate of drug-likeness (QED) is 0.795. The van der Waals surface area contributed by atoms with E-state index in [1.54, 1.807) is 11.0 Å². The average Bonchev–Trinajstić information content (AvgIpc) is 2.74. The first-order chi connectivity index (χ1) is 7.66. The van der Waals surface area contributed by atoms with Crippen molar-refractivity contribution in [2.75, 3.05) is 13.1 Å². The van der Waals surface area contributed by atoms with E-state index in [0.717, 1.165) is 0 Å². The van der Waals surface area contributed by atoms with Gasteiger partial charge in [0.05, 0.1) is 11.0 Å². The van der Waals surface area contributed by atoms with E-state index in [2.05, 4.69) is 0 Å². The fourth-order valence-electron chi connectivity index (χ4n) is 1.60. The third kappa shape index (κ3) is 2.48. The molecular weight excluding hydrogens is 226 g/mol. The second-order valence-electron chi connectivity index (χ2n) is 3.85. The Bertz CT molecular complexity index is 382. The fraction of sp³-hybridized carbons (Fsp3) is 0.455. The zero-order valence-electron chi connectivity index (χ0n) is 8.76. The highest BCUT2D eigenvalue weighted by atomic mass is 32.1. The molecule has 0 unspecified atom stereocenters. The summed E-state index contributed by atoms with van der Waals surface area (Å²) < 4.78 is 0. The number of amides is 1. The van der Waals surface area contributed by atoms with Crippen molar-refractivity contribution in [2.45, 2.75) is 18.9 Å². The molecule has 1 aliphatic rings. The van der Waals surface area contributed by atoms with Crippen LogP contribution in [0, 0.1) is 0 Å². The van der Waals surface area contributed by atoms with E-state index >= 15 is 0 Å². The smallest absolute Gasteiger partial charge is 0.223 e. The van der Waals surface area contributed by atoms with Crippen LogP contribution in [0.5, 0.6) is 0 Å². The topological polar surface area (TPSA) is 57.6 Å². The van der Waals surface area contributed by atoms with Gasteiger partial charge in [0.2, 0.25) is 5.91 Å². The van der Waals surface area contributed by atoms with E-state index in [1.807, 2.05) is 11.4 Å². The van der Waals surface area contributed by atoms with Crippen molar-refractivity contribution < 1.29 is 14.7 Å². The lowest BCUT2D eigenvalue weighted by molar-refractivity contribution is -0.141. The Labute approximate surface area is 97.5 Å². The van der Waals surface area contributed by atoms with Gasteiger partial charge in [0.1, 0.15) is 0 Å². The lowest BCUT2D eigenvalue weighted by Crippen LogP contribution is -2.53. The normalized spacial score (nSPS) is 15.9. The maximum absolute atomic E-state index is 11.6. The summed E-state index contributed by atoms with van der Waals surface area (Å²) in [6, 6.07) is 3.59. The van der Waals surface area contributed by atoms with Crippen LogP contribution >= 0.6 is 11.3 Å². The molecule has 5 heteroatoms. The van der Waals surface area contributed by atoms with Crippen LogP contribution in [0.15, 0.2) is 17.5 Å². The number of rotatable bonds is 4. The molecule has 1 saturated heterocycles. The molecule has 1 amide bonds. The molecule has 1 aromatic rings. The minimum atomic E-state index is -0.378. The van der Waals surface area contributed by atoms with Gasteiger partial charge in [0, 0.05) is 25.9 Å². The second kappa shape index (κ2) is 4.76. The van der Waals surface area contributed by atoms with Crippen molar-refractivity contribution >= 4 is 23.0 Å². The van der Waals surface area contributed by atoms with Crippen LogP contribution in [-0.2, 0) is 4.79 Å². The molecule has 0 radical (unpaired) electrons. The van der Waals surface area contributed by atoms with Crippen molar-refractivity contribution in [3.05, 3.63) is 22.4 Å². The number of aliphatic hydroxyl groups excluding tert-OH is 1. The van der Waals surface area contributed by atoms with Gasteiger partial charge in [-0.1, -0.05) is 6.07 Å². The van der Waals surface area contributed by atoms with E-state index in [-0.39, 0.29) is 30.6 Å². The lowest BCUT2D eigenvalue weighted by atomic mass is 10.1. The number of aliphatic hydroxyl groups is 1. The van der Waals surface area contributed by atoms with Crippen LogP contribution < -0.4 is 0 Å². The molecule has 2 rings (SSSR count). The SMILES string of the molecule is O=C(CCC(=O)N1CC(O)C1)c1cccs1. The van der Waals surface area contributed by atoms with Crippen molar-refractivity contribution in [1.29, 1.82) is 0 Å². The highest BCUT2D eigenvalue weighted by molar-refractivity contribution is 7.12. The molecule has 0 aromatic carbocycles. The molecule has 86 valence electrons. The fourth-order valence-corrected chi connectivity index (χ4v) is 2.29. The Morgan fingerprint density at radius 2 is 2.19 bits per heavy atom. The van der Waals surface area contributed by atoms with Crippen LogP contribution in [0.3, 0.4) is 0 Å². The Hall–Kier alpha value is -1.20. The van der Waals surface area contributed by atoms with Crippen LogP contribution in [-0.4, -0.2) is 40.9 Å². The number of β-amino-alcohol motifs (C(OH)–C–C–N with tert-alkyl or cyclic N) is 1. The first-order valence-corrected chi connectivity index (χ1v) is 6.07. The van der Waals surface area contributed by atoms with Gasteiger partial charge in [0.15, 0.2) is 5.78 Å². The zero-order valence-corrected chi connectivity index (χ0v) is 9.57. The van der Waals surface area contributed by atoms with E-state index < -0.39 is 0 Å². The number of hydrogen-bond donors (Lipinski definition) is 1. The summed E-state index contributed by atoms with van der Waals surface area (Å²) in [6.45, 7) is 0.818. The third-order valence-electron chi connectivity index (χ3n) is 2.58. The number of carbonyl (C=O) groups excluding carboxylic acids is 2. The average molecular weight is 239 g/mol. The summed E-state index contributed by atoms with van der Waals surface area (Å²) in [4.78, 5) is 25.4. The minimum Gasteiger partial charge on any atom is -0.389 e. The molecular formula is C11H13NO3S. The summed E-state index contributed by atoms with van der Waals surface area (Å²) in [5.74, 6) is -0.0281. The number of ketones is 1. The van der Waals surface area contributed by atoms with Gasteiger partial charge < -0.3 is 10.0 Å².